The summed E-state index contributed by atoms with van der Waals surface area (Å²) in [5.74, 6) is -9.88. The van der Waals surface area contributed by atoms with Crippen molar-refractivity contribution in [2.75, 3.05) is 13.1 Å². The number of amides is 1. The second kappa shape index (κ2) is 6.36. The molecule has 0 aliphatic carbocycles. The summed E-state index contributed by atoms with van der Waals surface area (Å²) in [4.78, 5) is 23.2. The van der Waals surface area contributed by atoms with E-state index in [1.807, 2.05) is 0 Å². The fourth-order valence-corrected chi connectivity index (χ4v) is 1.53. The summed E-state index contributed by atoms with van der Waals surface area (Å²) in [6.45, 7) is 1.23. The van der Waals surface area contributed by atoms with E-state index in [1.54, 1.807) is 0 Å². The third-order valence-electron chi connectivity index (χ3n) is 2.60. The summed E-state index contributed by atoms with van der Waals surface area (Å²) in [5, 5.41) is 8.51. The first-order chi connectivity index (χ1) is 9.29. The van der Waals surface area contributed by atoms with Crippen molar-refractivity contribution in [1.82, 2.24) is 4.90 Å². The first-order valence-corrected chi connectivity index (χ1v) is 5.63. The van der Waals surface area contributed by atoms with Gasteiger partial charge in [-0.15, -0.1) is 0 Å². The largest absolute Gasteiger partial charge is 0.481 e. The van der Waals surface area contributed by atoms with Crippen LogP contribution in [0.4, 0.5) is 17.6 Å². The molecule has 1 N–H and O–H groups in total. The molecule has 0 radical (unpaired) electrons. The number of hydrogen-bond acceptors (Lipinski definition) is 2. The van der Waals surface area contributed by atoms with Gasteiger partial charge in [0.1, 0.15) is 0 Å². The van der Waals surface area contributed by atoms with Crippen molar-refractivity contribution in [3.05, 3.63) is 34.9 Å². The van der Waals surface area contributed by atoms with Crippen LogP contribution in [0.3, 0.4) is 0 Å². The van der Waals surface area contributed by atoms with Gasteiger partial charge in [-0.05, 0) is 13.0 Å². The quantitative estimate of drug-likeness (QED) is 0.514. The van der Waals surface area contributed by atoms with Crippen molar-refractivity contribution < 1.29 is 32.3 Å². The molecule has 0 fully saturated rings. The third kappa shape index (κ3) is 3.25. The molecule has 0 spiro atoms. The molecule has 0 aliphatic rings. The minimum absolute atomic E-state index is 0.00612. The molecule has 1 aromatic carbocycles. The molecule has 1 rings (SSSR count). The Hall–Kier alpha value is -2.12. The van der Waals surface area contributed by atoms with E-state index in [4.69, 9.17) is 5.11 Å². The third-order valence-corrected chi connectivity index (χ3v) is 2.60. The van der Waals surface area contributed by atoms with Crippen LogP contribution < -0.4 is 0 Å². The molecule has 1 amide bonds. The van der Waals surface area contributed by atoms with Crippen LogP contribution >= 0.6 is 0 Å². The van der Waals surface area contributed by atoms with E-state index >= 15 is 0 Å². The van der Waals surface area contributed by atoms with Crippen LogP contribution in [0.5, 0.6) is 0 Å². The van der Waals surface area contributed by atoms with Gasteiger partial charge in [0.2, 0.25) is 0 Å². The lowest BCUT2D eigenvalue weighted by Crippen LogP contribution is -2.33. The van der Waals surface area contributed by atoms with E-state index in [0.717, 1.165) is 4.90 Å². The summed E-state index contributed by atoms with van der Waals surface area (Å²) in [6.07, 6.45) is -0.409. The van der Waals surface area contributed by atoms with Gasteiger partial charge in [-0.25, -0.2) is 17.6 Å². The molecule has 0 bridgehead atoms. The number of nitrogens with zero attached hydrogens (tertiary/aromatic N) is 1. The molecule has 0 saturated heterocycles. The van der Waals surface area contributed by atoms with Gasteiger partial charge in [-0.2, -0.15) is 0 Å². The van der Waals surface area contributed by atoms with Crippen molar-refractivity contribution in [2.45, 2.75) is 13.3 Å². The minimum atomic E-state index is -2.08. The molecule has 110 valence electrons. The lowest BCUT2D eigenvalue weighted by atomic mass is 10.1. The molecule has 0 aliphatic heterocycles. The van der Waals surface area contributed by atoms with Crippen LogP contribution in [0.2, 0.25) is 0 Å². The second-order valence-corrected chi connectivity index (χ2v) is 3.88. The Balaban J connectivity index is 3.10. The Labute approximate surface area is 111 Å². The van der Waals surface area contributed by atoms with Gasteiger partial charge < -0.3 is 10.0 Å². The first-order valence-electron chi connectivity index (χ1n) is 5.63. The highest BCUT2D eigenvalue weighted by Gasteiger charge is 2.25. The second-order valence-electron chi connectivity index (χ2n) is 3.88. The van der Waals surface area contributed by atoms with Crippen LogP contribution in [-0.4, -0.2) is 35.0 Å². The van der Waals surface area contributed by atoms with E-state index in [2.05, 4.69) is 0 Å². The fraction of sp³-hybridized carbons (Fsp3) is 0.333. The number of halogens is 4. The van der Waals surface area contributed by atoms with Gasteiger partial charge >= 0.3 is 5.97 Å². The molecule has 0 unspecified atom stereocenters. The zero-order valence-corrected chi connectivity index (χ0v) is 10.4. The van der Waals surface area contributed by atoms with Gasteiger partial charge in [0.25, 0.3) is 5.91 Å². The maximum absolute atomic E-state index is 13.4. The van der Waals surface area contributed by atoms with Crippen molar-refractivity contribution in [2.24, 2.45) is 0 Å². The number of benzene rings is 1. The summed E-state index contributed by atoms with van der Waals surface area (Å²) < 4.78 is 52.3. The predicted molar refractivity (Wildman–Crippen MR) is 60.1 cm³/mol. The Kier molecular flexibility index (Phi) is 5.06. The Morgan fingerprint density at radius 3 is 2.25 bits per heavy atom. The highest BCUT2D eigenvalue weighted by atomic mass is 19.2. The Morgan fingerprint density at radius 1 is 1.15 bits per heavy atom. The van der Waals surface area contributed by atoms with Gasteiger partial charge in [0, 0.05) is 13.1 Å². The van der Waals surface area contributed by atoms with Crippen molar-refractivity contribution in [3.63, 3.8) is 0 Å². The smallest absolute Gasteiger partial charge is 0.305 e. The SMILES string of the molecule is CCN(CCC(=O)O)C(=O)c1cc(F)c(F)c(F)c1F. The number of rotatable bonds is 5. The number of carbonyl (C=O) groups excluding carboxylic acids is 1. The molecule has 1 aromatic rings. The molecular weight excluding hydrogens is 282 g/mol. The van der Waals surface area contributed by atoms with Crippen molar-refractivity contribution in [3.8, 4) is 0 Å². The molecule has 4 nitrogen and oxygen atoms in total. The topological polar surface area (TPSA) is 57.6 Å². The number of hydrogen-bond donors (Lipinski definition) is 1. The Morgan fingerprint density at radius 2 is 1.75 bits per heavy atom. The monoisotopic (exact) mass is 293 g/mol. The average molecular weight is 293 g/mol. The zero-order valence-electron chi connectivity index (χ0n) is 10.4. The fourth-order valence-electron chi connectivity index (χ4n) is 1.53. The lowest BCUT2D eigenvalue weighted by Gasteiger charge is -2.20. The van der Waals surface area contributed by atoms with Crippen LogP contribution in [0.1, 0.15) is 23.7 Å². The predicted octanol–water partition coefficient (Wildman–Crippen LogP) is 2.18. The number of aliphatic carboxylic acids is 1. The van der Waals surface area contributed by atoms with Gasteiger partial charge in [0.15, 0.2) is 23.3 Å². The standard InChI is InChI=1S/C12H11F4NO3/c1-2-17(4-3-8(18)19)12(20)6-5-7(13)10(15)11(16)9(6)14/h5H,2-4H2,1H3,(H,18,19). The summed E-state index contributed by atoms with van der Waals surface area (Å²) in [6, 6.07) is 0.250. The number of carboxylic acid groups (broad SMARTS) is 1. The maximum atomic E-state index is 13.4. The normalized spacial score (nSPS) is 10.4. The van der Waals surface area contributed by atoms with Crippen LogP contribution in [0.25, 0.3) is 0 Å². The molecular formula is C12H11F4NO3. The summed E-state index contributed by atoms with van der Waals surface area (Å²) >= 11 is 0. The van der Waals surface area contributed by atoms with E-state index in [9.17, 15) is 27.2 Å². The first kappa shape index (κ1) is 15.9. The van der Waals surface area contributed by atoms with Gasteiger partial charge in [-0.1, -0.05) is 0 Å². The van der Waals surface area contributed by atoms with E-state index < -0.39 is 47.1 Å². The summed E-state index contributed by atoms with van der Waals surface area (Å²) in [5.41, 5.74) is -0.978. The van der Waals surface area contributed by atoms with Gasteiger partial charge in [-0.3, -0.25) is 9.59 Å². The minimum Gasteiger partial charge on any atom is -0.481 e. The number of carboxylic acids is 1. The highest BCUT2D eigenvalue weighted by Crippen LogP contribution is 2.20. The maximum Gasteiger partial charge on any atom is 0.305 e. The lowest BCUT2D eigenvalue weighted by molar-refractivity contribution is -0.137. The molecule has 8 heteroatoms. The molecule has 20 heavy (non-hydrogen) atoms. The summed E-state index contributed by atoms with van der Waals surface area (Å²) in [7, 11) is 0. The average Bonchev–Trinajstić information content (AvgIpc) is 2.40. The van der Waals surface area contributed by atoms with E-state index in [1.165, 1.54) is 6.92 Å². The highest BCUT2D eigenvalue weighted by molar-refractivity contribution is 5.94. The molecule has 0 heterocycles. The molecule has 0 aromatic heterocycles. The zero-order chi connectivity index (χ0) is 15.4. The van der Waals surface area contributed by atoms with Crippen molar-refractivity contribution in [1.29, 1.82) is 0 Å². The molecule has 0 saturated carbocycles. The van der Waals surface area contributed by atoms with E-state index in [-0.39, 0.29) is 19.2 Å². The Bertz CT molecular complexity index is 548. The van der Waals surface area contributed by atoms with Gasteiger partial charge in [0.05, 0.1) is 12.0 Å². The van der Waals surface area contributed by atoms with Crippen LogP contribution in [0.15, 0.2) is 6.07 Å². The number of carbonyl (C=O) groups is 2. The van der Waals surface area contributed by atoms with Crippen LogP contribution in [-0.2, 0) is 4.79 Å². The van der Waals surface area contributed by atoms with E-state index in [0.29, 0.717) is 0 Å². The molecule has 0 atom stereocenters. The van der Waals surface area contributed by atoms with Crippen molar-refractivity contribution >= 4 is 11.9 Å². The van der Waals surface area contributed by atoms with Crippen LogP contribution in [0, 0.1) is 23.3 Å².